The average Bonchev–Trinajstić information content (AvgIpc) is 2.93. The van der Waals surface area contributed by atoms with Crippen LogP contribution in [0.4, 0.5) is 0 Å². The Morgan fingerprint density at radius 1 is 1.50 bits per heavy atom. The van der Waals surface area contributed by atoms with Gasteiger partial charge in [0.15, 0.2) is 0 Å². The van der Waals surface area contributed by atoms with Gasteiger partial charge in [0.25, 0.3) is 5.91 Å². The fourth-order valence-corrected chi connectivity index (χ4v) is 1.38. The Labute approximate surface area is 83.5 Å². The first-order valence-corrected chi connectivity index (χ1v) is 4.91. The number of pyridine rings is 1. The van der Waals surface area contributed by atoms with Crippen molar-refractivity contribution in [2.24, 2.45) is 0 Å². The van der Waals surface area contributed by atoms with Crippen LogP contribution in [0.5, 0.6) is 0 Å². The highest BCUT2D eigenvalue weighted by Gasteiger charge is 2.24. The molecule has 0 aliphatic heterocycles. The van der Waals surface area contributed by atoms with Crippen LogP contribution >= 0.6 is 0 Å². The largest absolute Gasteiger partial charge is 0.349 e. The third kappa shape index (κ3) is 1.76. The molecule has 0 radical (unpaired) electrons. The van der Waals surface area contributed by atoms with Gasteiger partial charge in [-0.25, -0.2) is 0 Å². The lowest BCUT2D eigenvalue weighted by Gasteiger charge is -2.07. The highest BCUT2D eigenvalue weighted by Crippen LogP contribution is 2.20. The molecule has 3 heteroatoms. The highest BCUT2D eigenvalue weighted by molar-refractivity contribution is 5.96. The summed E-state index contributed by atoms with van der Waals surface area (Å²) in [6, 6.07) is 2.19. The Morgan fingerprint density at radius 2 is 2.21 bits per heavy atom. The summed E-state index contributed by atoms with van der Waals surface area (Å²) in [7, 11) is 0. The van der Waals surface area contributed by atoms with Gasteiger partial charge >= 0.3 is 0 Å². The number of nitrogens with one attached hydrogen (secondary N) is 1. The van der Waals surface area contributed by atoms with Gasteiger partial charge < -0.3 is 5.32 Å². The number of aryl methyl sites for hydroxylation is 1. The number of rotatable bonds is 2. The van der Waals surface area contributed by atoms with Crippen molar-refractivity contribution in [1.29, 1.82) is 0 Å². The quantitative estimate of drug-likeness (QED) is 0.769. The molecule has 0 bridgehead atoms. The van der Waals surface area contributed by atoms with E-state index in [1.807, 2.05) is 13.8 Å². The number of hydrogen-bond donors (Lipinski definition) is 1. The van der Waals surface area contributed by atoms with Gasteiger partial charge in [-0.3, -0.25) is 9.78 Å². The number of hydrogen-bond acceptors (Lipinski definition) is 2. The summed E-state index contributed by atoms with van der Waals surface area (Å²) < 4.78 is 0. The molecular weight excluding hydrogens is 176 g/mol. The first-order valence-electron chi connectivity index (χ1n) is 4.91. The molecule has 1 amide bonds. The molecular formula is C11H14N2O. The van der Waals surface area contributed by atoms with Gasteiger partial charge in [0, 0.05) is 23.5 Å². The lowest BCUT2D eigenvalue weighted by molar-refractivity contribution is 0.0950. The van der Waals surface area contributed by atoms with Crippen LogP contribution in [0.1, 0.15) is 34.5 Å². The van der Waals surface area contributed by atoms with Crippen molar-refractivity contribution in [3.63, 3.8) is 0 Å². The Kier molecular flexibility index (Phi) is 2.23. The van der Waals surface area contributed by atoms with E-state index in [-0.39, 0.29) is 5.91 Å². The van der Waals surface area contributed by atoms with Crippen molar-refractivity contribution in [3.8, 4) is 0 Å². The highest BCUT2D eigenvalue weighted by atomic mass is 16.1. The van der Waals surface area contributed by atoms with E-state index >= 15 is 0 Å². The van der Waals surface area contributed by atoms with Crippen molar-refractivity contribution in [1.82, 2.24) is 10.3 Å². The predicted octanol–water partition coefficient (Wildman–Crippen LogP) is 1.59. The van der Waals surface area contributed by atoms with Crippen LogP contribution in [0.3, 0.4) is 0 Å². The predicted molar refractivity (Wildman–Crippen MR) is 54.2 cm³/mol. The van der Waals surface area contributed by atoms with Crippen LogP contribution in [-0.4, -0.2) is 16.9 Å². The molecule has 0 atom stereocenters. The number of amides is 1. The van der Waals surface area contributed by atoms with Gasteiger partial charge in [-0.05, 0) is 38.3 Å². The molecule has 1 aliphatic rings. The summed E-state index contributed by atoms with van der Waals surface area (Å²) in [5.74, 6) is 0.0375. The van der Waals surface area contributed by atoms with Crippen molar-refractivity contribution in [2.45, 2.75) is 32.7 Å². The third-order valence-corrected chi connectivity index (χ3v) is 2.61. The second-order valence-corrected chi connectivity index (χ2v) is 3.82. The van der Waals surface area contributed by atoms with Crippen LogP contribution in [-0.2, 0) is 0 Å². The molecule has 74 valence electrons. The van der Waals surface area contributed by atoms with Gasteiger partial charge in [0.2, 0.25) is 0 Å². The van der Waals surface area contributed by atoms with E-state index in [1.165, 1.54) is 0 Å². The summed E-state index contributed by atoms with van der Waals surface area (Å²) in [6.07, 6.45) is 3.92. The maximum absolute atomic E-state index is 11.7. The average molecular weight is 190 g/mol. The minimum atomic E-state index is 0.0375. The van der Waals surface area contributed by atoms with Gasteiger partial charge in [-0.1, -0.05) is 0 Å². The molecule has 1 fully saturated rings. The normalized spacial score (nSPS) is 15.3. The summed E-state index contributed by atoms with van der Waals surface area (Å²) in [5.41, 5.74) is 2.66. The lowest BCUT2D eigenvalue weighted by atomic mass is 10.1. The van der Waals surface area contributed by atoms with E-state index in [4.69, 9.17) is 0 Å². The van der Waals surface area contributed by atoms with Crippen molar-refractivity contribution >= 4 is 5.91 Å². The zero-order valence-electron chi connectivity index (χ0n) is 8.50. The van der Waals surface area contributed by atoms with Gasteiger partial charge in [-0.2, -0.15) is 0 Å². The monoisotopic (exact) mass is 190 g/mol. The second-order valence-electron chi connectivity index (χ2n) is 3.82. The SMILES string of the molecule is Cc1nccc(C(=O)NC2CC2)c1C. The standard InChI is InChI=1S/C11H14N2O/c1-7-8(2)12-6-5-10(7)11(14)13-9-3-4-9/h5-6,9H,3-4H2,1-2H3,(H,13,14). The first-order chi connectivity index (χ1) is 6.68. The summed E-state index contributed by atoms with van der Waals surface area (Å²) in [5, 5.41) is 2.97. The molecule has 0 saturated heterocycles. The summed E-state index contributed by atoms with van der Waals surface area (Å²) in [6.45, 7) is 3.85. The maximum Gasteiger partial charge on any atom is 0.251 e. The Balaban J connectivity index is 2.21. The van der Waals surface area contributed by atoms with Crippen LogP contribution in [0.25, 0.3) is 0 Å². The number of carbonyl (C=O) groups is 1. The molecule has 3 nitrogen and oxygen atoms in total. The third-order valence-electron chi connectivity index (χ3n) is 2.61. The molecule has 1 heterocycles. The van der Waals surface area contributed by atoms with Gasteiger partial charge in [0.1, 0.15) is 0 Å². The minimum Gasteiger partial charge on any atom is -0.349 e. The molecule has 14 heavy (non-hydrogen) atoms. The van der Waals surface area contributed by atoms with Crippen molar-refractivity contribution < 1.29 is 4.79 Å². The molecule has 1 aromatic rings. The molecule has 2 rings (SSSR count). The fraction of sp³-hybridized carbons (Fsp3) is 0.455. The maximum atomic E-state index is 11.7. The summed E-state index contributed by atoms with van der Waals surface area (Å²) in [4.78, 5) is 15.9. The number of aromatic nitrogens is 1. The number of nitrogens with zero attached hydrogens (tertiary/aromatic N) is 1. The van der Waals surface area contributed by atoms with Crippen LogP contribution in [0.2, 0.25) is 0 Å². The minimum absolute atomic E-state index is 0.0375. The van der Waals surface area contributed by atoms with Gasteiger partial charge in [-0.15, -0.1) is 0 Å². The lowest BCUT2D eigenvalue weighted by Crippen LogP contribution is -2.26. The van der Waals surface area contributed by atoms with E-state index in [0.29, 0.717) is 6.04 Å². The molecule has 1 aliphatic carbocycles. The van der Waals surface area contributed by atoms with E-state index in [2.05, 4.69) is 10.3 Å². The summed E-state index contributed by atoms with van der Waals surface area (Å²) >= 11 is 0. The van der Waals surface area contributed by atoms with Crippen LogP contribution < -0.4 is 5.32 Å². The van der Waals surface area contributed by atoms with Crippen molar-refractivity contribution in [3.05, 3.63) is 29.1 Å². The molecule has 1 saturated carbocycles. The molecule has 1 aromatic heterocycles. The van der Waals surface area contributed by atoms with Crippen LogP contribution in [0.15, 0.2) is 12.3 Å². The molecule has 0 spiro atoms. The Bertz CT molecular complexity index is 370. The zero-order chi connectivity index (χ0) is 10.1. The smallest absolute Gasteiger partial charge is 0.251 e. The Hall–Kier alpha value is -1.38. The first kappa shape index (κ1) is 9.19. The fourth-order valence-electron chi connectivity index (χ4n) is 1.38. The van der Waals surface area contributed by atoms with E-state index in [0.717, 1.165) is 29.7 Å². The molecule has 0 unspecified atom stereocenters. The Morgan fingerprint density at radius 3 is 2.86 bits per heavy atom. The second kappa shape index (κ2) is 3.40. The van der Waals surface area contributed by atoms with E-state index in [1.54, 1.807) is 12.3 Å². The zero-order valence-corrected chi connectivity index (χ0v) is 8.50. The van der Waals surface area contributed by atoms with Gasteiger partial charge in [0.05, 0.1) is 0 Å². The van der Waals surface area contributed by atoms with E-state index < -0.39 is 0 Å². The molecule has 0 aromatic carbocycles. The topological polar surface area (TPSA) is 42.0 Å². The van der Waals surface area contributed by atoms with Crippen LogP contribution in [0, 0.1) is 13.8 Å². The molecule has 1 N–H and O–H groups in total. The van der Waals surface area contributed by atoms with E-state index in [9.17, 15) is 4.79 Å². The van der Waals surface area contributed by atoms with Crippen molar-refractivity contribution in [2.75, 3.05) is 0 Å². The number of carbonyl (C=O) groups excluding carboxylic acids is 1.